The van der Waals surface area contributed by atoms with E-state index in [-0.39, 0.29) is 24.1 Å². The van der Waals surface area contributed by atoms with Gasteiger partial charge in [0.1, 0.15) is 11.6 Å². The van der Waals surface area contributed by atoms with E-state index in [0.29, 0.717) is 17.5 Å². The summed E-state index contributed by atoms with van der Waals surface area (Å²) in [7, 11) is 0. The smallest absolute Gasteiger partial charge is 0.128 e. The summed E-state index contributed by atoms with van der Waals surface area (Å²) in [6, 6.07) is 2.18. The molecule has 1 rings (SSSR count). The Hall–Kier alpha value is -1.00. The zero-order valence-corrected chi connectivity index (χ0v) is 12.9. The standard InChI is InChI=1S/C16H25F2NO/c1-10-8-14(18)12(9-13(10)17)11(2)19-15(6-7-20)16(3,4)5/h8-9,11,15,19-20H,6-7H2,1-5H3. The summed E-state index contributed by atoms with van der Waals surface area (Å²) < 4.78 is 27.6. The first-order chi connectivity index (χ1) is 9.16. The highest BCUT2D eigenvalue weighted by Gasteiger charge is 2.26. The number of aliphatic hydroxyl groups is 1. The number of hydrogen-bond donors (Lipinski definition) is 2. The van der Waals surface area contributed by atoms with Gasteiger partial charge in [-0.3, -0.25) is 0 Å². The fourth-order valence-corrected chi connectivity index (χ4v) is 2.28. The SMILES string of the molecule is Cc1cc(F)c(C(C)NC(CCO)C(C)(C)C)cc1F. The van der Waals surface area contributed by atoms with Gasteiger partial charge in [-0.2, -0.15) is 0 Å². The molecule has 114 valence electrons. The Morgan fingerprint density at radius 2 is 1.80 bits per heavy atom. The van der Waals surface area contributed by atoms with Crippen LogP contribution in [0, 0.1) is 24.0 Å². The molecule has 2 atom stereocenters. The van der Waals surface area contributed by atoms with E-state index in [4.69, 9.17) is 5.11 Å². The van der Waals surface area contributed by atoms with Gasteiger partial charge in [0.2, 0.25) is 0 Å². The van der Waals surface area contributed by atoms with E-state index in [0.717, 1.165) is 0 Å². The summed E-state index contributed by atoms with van der Waals surface area (Å²) in [5, 5.41) is 12.4. The number of aliphatic hydroxyl groups excluding tert-OH is 1. The molecule has 0 fully saturated rings. The summed E-state index contributed by atoms with van der Waals surface area (Å²) >= 11 is 0. The van der Waals surface area contributed by atoms with Crippen molar-refractivity contribution in [1.29, 1.82) is 0 Å². The third kappa shape index (κ3) is 4.25. The molecule has 0 aliphatic carbocycles. The van der Waals surface area contributed by atoms with Crippen molar-refractivity contribution in [2.24, 2.45) is 5.41 Å². The van der Waals surface area contributed by atoms with Crippen LogP contribution in [0.15, 0.2) is 12.1 Å². The molecule has 0 aliphatic heterocycles. The summed E-state index contributed by atoms with van der Waals surface area (Å²) in [6.07, 6.45) is 0.573. The Balaban J connectivity index is 2.94. The summed E-state index contributed by atoms with van der Waals surface area (Å²) in [5.41, 5.74) is 0.554. The molecule has 1 aromatic rings. The maximum atomic E-state index is 14.0. The Labute approximate surface area is 120 Å². The first kappa shape index (κ1) is 17.1. The fraction of sp³-hybridized carbons (Fsp3) is 0.625. The lowest BCUT2D eigenvalue weighted by molar-refractivity contribution is 0.187. The van der Waals surface area contributed by atoms with Crippen LogP contribution in [-0.4, -0.2) is 17.8 Å². The van der Waals surface area contributed by atoms with Crippen LogP contribution >= 0.6 is 0 Å². The largest absolute Gasteiger partial charge is 0.396 e. The summed E-state index contributed by atoms with van der Waals surface area (Å²) in [6.45, 7) is 9.58. The van der Waals surface area contributed by atoms with E-state index in [2.05, 4.69) is 26.1 Å². The van der Waals surface area contributed by atoms with Gasteiger partial charge < -0.3 is 10.4 Å². The monoisotopic (exact) mass is 285 g/mol. The molecule has 0 bridgehead atoms. The number of hydrogen-bond acceptors (Lipinski definition) is 2. The number of nitrogens with one attached hydrogen (secondary N) is 1. The third-order valence-corrected chi connectivity index (χ3v) is 3.66. The maximum Gasteiger partial charge on any atom is 0.128 e. The Bertz CT molecular complexity index is 455. The van der Waals surface area contributed by atoms with Crippen LogP contribution < -0.4 is 5.32 Å². The van der Waals surface area contributed by atoms with Crippen molar-refractivity contribution in [2.45, 2.75) is 53.1 Å². The lowest BCUT2D eigenvalue weighted by Gasteiger charge is -2.34. The summed E-state index contributed by atoms with van der Waals surface area (Å²) in [5.74, 6) is -0.801. The molecule has 0 amide bonds. The molecule has 0 spiro atoms. The van der Waals surface area contributed by atoms with Gasteiger partial charge in [0.25, 0.3) is 0 Å². The third-order valence-electron chi connectivity index (χ3n) is 3.66. The van der Waals surface area contributed by atoms with E-state index in [1.165, 1.54) is 12.1 Å². The van der Waals surface area contributed by atoms with E-state index in [1.54, 1.807) is 6.92 Å². The average Bonchev–Trinajstić information content (AvgIpc) is 2.32. The normalized spacial score (nSPS) is 15.2. The highest BCUT2D eigenvalue weighted by atomic mass is 19.1. The molecule has 2 N–H and O–H groups in total. The molecular formula is C16H25F2NO. The molecule has 0 aromatic heterocycles. The van der Waals surface area contributed by atoms with E-state index >= 15 is 0 Å². The lowest BCUT2D eigenvalue weighted by Crippen LogP contribution is -2.42. The van der Waals surface area contributed by atoms with Gasteiger partial charge in [0.05, 0.1) is 0 Å². The fourth-order valence-electron chi connectivity index (χ4n) is 2.28. The van der Waals surface area contributed by atoms with Gasteiger partial charge in [-0.15, -0.1) is 0 Å². The quantitative estimate of drug-likeness (QED) is 0.864. The minimum atomic E-state index is -0.402. The van der Waals surface area contributed by atoms with Crippen LogP contribution in [0.5, 0.6) is 0 Å². The molecule has 0 saturated carbocycles. The van der Waals surface area contributed by atoms with Crippen LogP contribution in [0.3, 0.4) is 0 Å². The van der Waals surface area contributed by atoms with Crippen LogP contribution in [-0.2, 0) is 0 Å². The average molecular weight is 285 g/mol. The molecule has 2 unspecified atom stereocenters. The van der Waals surface area contributed by atoms with Crippen molar-refractivity contribution in [3.05, 3.63) is 34.9 Å². The highest BCUT2D eigenvalue weighted by Crippen LogP contribution is 2.27. The van der Waals surface area contributed by atoms with Crippen molar-refractivity contribution >= 4 is 0 Å². The Morgan fingerprint density at radius 1 is 1.20 bits per heavy atom. The van der Waals surface area contributed by atoms with Crippen LogP contribution in [0.1, 0.15) is 51.3 Å². The minimum Gasteiger partial charge on any atom is -0.396 e. The first-order valence-corrected chi connectivity index (χ1v) is 6.99. The van der Waals surface area contributed by atoms with Gasteiger partial charge in [-0.05, 0) is 43.4 Å². The zero-order valence-electron chi connectivity index (χ0n) is 12.9. The second-order valence-corrected chi connectivity index (χ2v) is 6.44. The van der Waals surface area contributed by atoms with Crippen molar-refractivity contribution in [3.8, 4) is 0 Å². The predicted molar refractivity (Wildman–Crippen MR) is 77.6 cm³/mol. The highest BCUT2D eigenvalue weighted by molar-refractivity contribution is 5.27. The molecule has 20 heavy (non-hydrogen) atoms. The number of halogens is 2. The molecule has 1 aromatic carbocycles. The van der Waals surface area contributed by atoms with Gasteiger partial charge >= 0.3 is 0 Å². The van der Waals surface area contributed by atoms with Crippen molar-refractivity contribution in [1.82, 2.24) is 5.32 Å². The topological polar surface area (TPSA) is 32.3 Å². The first-order valence-electron chi connectivity index (χ1n) is 6.99. The molecule has 4 heteroatoms. The molecule has 0 aliphatic rings. The van der Waals surface area contributed by atoms with Crippen molar-refractivity contribution in [2.75, 3.05) is 6.61 Å². The van der Waals surface area contributed by atoms with E-state index < -0.39 is 11.6 Å². The van der Waals surface area contributed by atoms with Crippen LogP contribution in [0.25, 0.3) is 0 Å². The van der Waals surface area contributed by atoms with E-state index in [9.17, 15) is 8.78 Å². The number of benzene rings is 1. The van der Waals surface area contributed by atoms with Crippen molar-refractivity contribution < 1.29 is 13.9 Å². The Morgan fingerprint density at radius 3 is 2.30 bits per heavy atom. The van der Waals surface area contributed by atoms with Gasteiger partial charge in [-0.25, -0.2) is 8.78 Å². The molecule has 0 radical (unpaired) electrons. The molecule has 2 nitrogen and oxygen atoms in total. The zero-order chi connectivity index (χ0) is 15.5. The second kappa shape index (κ2) is 6.64. The van der Waals surface area contributed by atoms with Crippen LogP contribution in [0.2, 0.25) is 0 Å². The number of aryl methyl sites for hydroxylation is 1. The van der Waals surface area contributed by atoms with Gasteiger partial charge in [0, 0.05) is 24.3 Å². The summed E-state index contributed by atoms with van der Waals surface area (Å²) in [4.78, 5) is 0. The Kier molecular flexibility index (Phi) is 5.66. The predicted octanol–water partition coefficient (Wildman–Crippen LogP) is 3.72. The molecular weight excluding hydrogens is 260 g/mol. The lowest BCUT2D eigenvalue weighted by atomic mass is 9.84. The van der Waals surface area contributed by atoms with Crippen LogP contribution in [0.4, 0.5) is 8.78 Å². The van der Waals surface area contributed by atoms with Gasteiger partial charge in [-0.1, -0.05) is 20.8 Å². The second-order valence-electron chi connectivity index (χ2n) is 6.44. The maximum absolute atomic E-state index is 14.0. The van der Waals surface area contributed by atoms with Crippen molar-refractivity contribution in [3.63, 3.8) is 0 Å². The number of rotatable bonds is 5. The van der Waals surface area contributed by atoms with E-state index in [1.807, 2.05) is 6.92 Å². The van der Waals surface area contributed by atoms with Gasteiger partial charge in [0.15, 0.2) is 0 Å². The minimum absolute atomic E-state index is 0.0197. The molecule has 0 saturated heterocycles. The molecule has 0 heterocycles.